The second-order valence-corrected chi connectivity index (χ2v) is 6.88. The van der Waals surface area contributed by atoms with E-state index in [0.717, 1.165) is 11.3 Å². The van der Waals surface area contributed by atoms with Gasteiger partial charge in [0.25, 0.3) is 11.5 Å². The van der Waals surface area contributed by atoms with Gasteiger partial charge in [0.2, 0.25) is 0 Å². The largest absolute Gasteiger partial charge is 0.363 e. The number of carbonyl (C=O) groups is 1. The maximum atomic E-state index is 12.6. The number of rotatable bonds is 3. The molecule has 6 nitrogen and oxygen atoms in total. The molecule has 0 radical (unpaired) electrons. The summed E-state index contributed by atoms with van der Waals surface area (Å²) in [7, 11) is 0. The van der Waals surface area contributed by atoms with E-state index in [2.05, 4.69) is 11.2 Å². The number of nitrogens with zero attached hydrogens (tertiary/aromatic N) is 3. The van der Waals surface area contributed by atoms with Gasteiger partial charge in [-0.25, -0.2) is 4.68 Å². The molecule has 6 heteroatoms. The minimum absolute atomic E-state index is 0.0512. The number of amides is 1. The van der Waals surface area contributed by atoms with E-state index in [4.69, 9.17) is 4.74 Å². The van der Waals surface area contributed by atoms with Crippen LogP contribution in [0.25, 0.3) is 0 Å². The van der Waals surface area contributed by atoms with Crippen LogP contribution in [0.2, 0.25) is 0 Å². The first-order valence-electron chi connectivity index (χ1n) is 8.62. The molecular weight excluding hydrogens is 318 g/mol. The highest BCUT2D eigenvalue weighted by atomic mass is 16.5. The summed E-state index contributed by atoms with van der Waals surface area (Å²) in [5.74, 6) is 0.321. The molecule has 1 fully saturated rings. The molecule has 0 aliphatic carbocycles. The fourth-order valence-corrected chi connectivity index (χ4v) is 3.50. The number of carbonyl (C=O) groups excluding carboxylic acids is 1. The van der Waals surface area contributed by atoms with Gasteiger partial charge in [0, 0.05) is 31.5 Å². The van der Waals surface area contributed by atoms with Crippen molar-refractivity contribution in [3.05, 3.63) is 63.6 Å². The Bertz CT molecular complexity index is 855. The van der Waals surface area contributed by atoms with Crippen molar-refractivity contribution in [2.24, 2.45) is 5.92 Å². The van der Waals surface area contributed by atoms with Crippen LogP contribution in [0.5, 0.6) is 0 Å². The first-order valence-corrected chi connectivity index (χ1v) is 8.62. The average molecular weight is 339 g/mol. The Morgan fingerprint density at radius 2 is 1.96 bits per heavy atom. The first-order chi connectivity index (χ1) is 12.1. The molecule has 1 amide bonds. The second-order valence-electron chi connectivity index (χ2n) is 6.88. The summed E-state index contributed by atoms with van der Waals surface area (Å²) in [5, 5.41) is 4.26. The maximum absolute atomic E-state index is 12.6. The Balaban J connectivity index is 1.34. The molecule has 1 aromatic carbocycles. The van der Waals surface area contributed by atoms with Crippen molar-refractivity contribution in [2.75, 3.05) is 13.1 Å². The fourth-order valence-electron chi connectivity index (χ4n) is 3.50. The van der Waals surface area contributed by atoms with Crippen LogP contribution >= 0.6 is 0 Å². The van der Waals surface area contributed by atoms with E-state index in [1.54, 1.807) is 6.07 Å². The Morgan fingerprint density at radius 3 is 2.76 bits per heavy atom. The smallest absolute Gasteiger partial charge is 0.266 e. The van der Waals surface area contributed by atoms with Gasteiger partial charge < -0.3 is 9.64 Å². The minimum Gasteiger partial charge on any atom is -0.363 e. The predicted octanol–water partition coefficient (Wildman–Crippen LogP) is 1.15. The van der Waals surface area contributed by atoms with Crippen molar-refractivity contribution >= 4 is 5.91 Å². The Morgan fingerprint density at radius 1 is 1.20 bits per heavy atom. The van der Waals surface area contributed by atoms with Crippen molar-refractivity contribution in [3.8, 4) is 0 Å². The zero-order valence-corrected chi connectivity index (χ0v) is 14.2. The first kappa shape index (κ1) is 16.0. The number of benzene rings is 1. The van der Waals surface area contributed by atoms with Crippen LogP contribution in [0.4, 0.5) is 0 Å². The molecule has 1 saturated heterocycles. The van der Waals surface area contributed by atoms with Gasteiger partial charge in [-0.2, -0.15) is 5.10 Å². The van der Waals surface area contributed by atoms with Crippen LogP contribution in [0.3, 0.4) is 0 Å². The van der Waals surface area contributed by atoms with Crippen molar-refractivity contribution < 1.29 is 9.53 Å². The highest BCUT2D eigenvalue weighted by Gasteiger charge is 2.36. The Kier molecular flexibility index (Phi) is 4.13. The third kappa shape index (κ3) is 3.22. The van der Waals surface area contributed by atoms with Gasteiger partial charge in [-0.1, -0.05) is 24.3 Å². The normalized spacial score (nSPS) is 20.0. The van der Waals surface area contributed by atoms with Gasteiger partial charge in [-0.05, 0) is 24.1 Å². The van der Waals surface area contributed by atoms with E-state index in [0.29, 0.717) is 32.7 Å². The summed E-state index contributed by atoms with van der Waals surface area (Å²) < 4.78 is 7.25. The summed E-state index contributed by atoms with van der Waals surface area (Å²) in [6.45, 7) is 4.22. The lowest BCUT2D eigenvalue weighted by Gasteiger charge is -2.41. The summed E-state index contributed by atoms with van der Waals surface area (Å²) >= 11 is 0. The molecule has 1 aromatic heterocycles. The number of likely N-dealkylation sites (tertiary alicyclic amines) is 1. The lowest BCUT2D eigenvalue weighted by molar-refractivity contribution is -0.152. The molecule has 0 saturated carbocycles. The zero-order valence-electron chi connectivity index (χ0n) is 14.2. The molecule has 2 aromatic rings. The maximum Gasteiger partial charge on any atom is 0.266 e. The molecule has 0 spiro atoms. The SMILES string of the molecule is Cc1ccc(=O)n(CC2CN(C(=O)C3Cc4ccccc4CO3)C2)n1. The van der Waals surface area contributed by atoms with Crippen LogP contribution in [0, 0.1) is 12.8 Å². The summed E-state index contributed by atoms with van der Waals surface area (Å²) in [6, 6.07) is 11.4. The van der Waals surface area contributed by atoms with Gasteiger partial charge in [0.15, 0.2) is 0 Å². The standard InChI is InChI=1S/C19H21N3O3/c1-13-6-7-18(23)22(20-13)11-14-9-21(10-14)19(24)17-8-15-4-2-3-5-16(15)12-25-17/h2-7,14,17H,8-12H2,1H3. The number of hydrogen-bond donors (Lipinski definition) is 0. The van der Waals surface area contributed by atoms with Gasteiger partial charge in [0.05, 0.1) is 18.8 Å². The van der Waals surface area contributed by atoms with E-state index in [9.17, 15) is 9.59 Å². The molecule has 0 bridgehead atoms. The van der Waals surface area contributed by atoms with Gasteiger partial charge >= 0.3 is 0 Å². The van der Waals surface area contributed by atoms with Crippen molar-refractivity contribution in [1.29, 1.82) is 0 Å². The van der Waals surface area contributed by atoms with Gasteiger partial charge in [0.1, 0.15) is 6.10 Å². The topological polar surface area (TPSA) is 64.4 Å². The highest BCUT2D eigenvalue weighted by Crippen LogP contribution is 2.24. The predicted molar refractivity (Wildman–Crippen MR) is 92.0 cm³/mol. The molecule has 0 N–H and O–H groups in total. The lowest BCUT2D eigenvalue weighted by atomic mass is 9.95. The monoisotopic (exact) mass is 339 g/mol. The molecule has 1 atom stereocenters. The summed E-state index contributed by atoms with van der Waals surface area (Å²) in [6.07, 6.45) is 0.241. The molecule has 25 heavy (non-hydrogen) atoms. The minimum atomic E-state index is -0.393. The van der Waals surface area contributed by atoms with Gasteiger partial charge in [-0.3, -0.25) is 9.59 Å². The third-order valence-electron chi connectivity index (χ3n) is 4.94. The van der Waals surface area contributed by atoms with E-state index < -0.39 is 6.10 Å². The molecular formula is C19H21N3O3. The third-order valence-corrected chi connectivity index (χ3v) is 4.94. The van der Waals surface area contributed by atoms with Crippen LogP contribution in [0.15, 0.2) is 41.2 Å². The molecule has 4 rings (SSSR count). The molecule has 2 aliphatic rings. The van der Waals surface area contributed by atoms with Gasteiger partial charge in [-0.15, -0.1) is 0 Å². The molecule has 130 valence electrons. The number of hydrogen-bond acceptors (Lipinski definition) is 4. The van der Waals surface area contributed by atoms with Crippen molar-refractivity contribution in [3.63, 3.8) is 0 Å². The van der Waals surface area contributed by atoms with Crippen LogP contribution < -0.4 is 5.56 Å². The Hall–Kier alpha value is -2.47. The molecule has 3 heterocycles. The van der Waals surface area contributed by atoms with Crippen LogP contribution in [0.1, 0.15) is 16.8 Å². The number of aryl methyl sites for hydroxylation is 1. The summed E-state index contributed by atoms with van der Waals surface area (Å²) in [5.41, 5.74) is 3.08. The second kappa shape index (κ2) is 6.44. The highest BCUT2D eigenvalue weighted by molar-refractivity contribution is 5.82. The quantitative estimate of drug-likeness (QED) is 0.842. The molecule has 2 aliphatic heterocycles. The van der Waals surface area contributed by atoms with E-state index in [1.165, 1.54) is 16.3 Å². The Labute approximate surface area is 146 Å². The van der Waals surface area contributed by atoms with E-state index >= 15 is 0 Å². The van der Waals surface area contributed by atoms with E-state index in [-0.39, 0.29) is 17.4 Å². The number of fused-ring (bicyclic) bond motifs is 1. The van der Waals surface area contributed by atoms with Crippen molar-refractivity contribution in [2.45, 2.75) is 32.6 Å². The number of ether oxygens (including phenoxy) is 1. The lowest BCUT2D eigenvalue weighted by Crippen LogP contribution is -2.56. The zero-order chi connectivity index (χ0) is 17.4. The van der Waals surface area contributed by atoms with E-state index in [1.807, 2.05) is 30.0 Å². The van der Waals surface area contributed by atoms with Crippen LogP contribution in [-0.2, 0) is 29.1 Å². The molecule has 1 unspecified atom stereocenters. The number of aromatic nitrogens is 2. The average Bonchev–Trinajstić information content (AvgIpc) is 2.59. The van der Waals surface area contributed by atoms with Crippen LogP contribution in [-0.4, -0.2) is 39.8 Å². The summed E-state index contributed by atoms with van der Waals surface area (Å²) in [4.78, 5) is 26.3. The van der Waals surface area contributed by atoms with Crippen molar-refractivity contribution in [1.82, 2.24) is 14.7 Å². The fraction of sp³-hybridized carbons (Fsp3) is 0.421.